The molecule has 2 aromatic carbocycles. The van der Waals surface area contributed by atoms with Gasteiger partial charge in [0, 0.05) is 19.3 Å². The third-order valence-electron chi connectivity index (χ3n) is 5.17. The smallest absolute Gasteiger partial charge is 0.351 e. The number of carbonyl (C=O) groups is 2. The first-order valence-electron chi connectivity index (χ1n) is 10.4. The topological polar surface area (TPSA) is 71.1 Å². The highest BCUT2D eigenvalue weighted by molar-refractivity contribution is 6.32. The van der Waals surface area contributed by atoms with Crippen LogP contribution < -0.4 is 10.6 Å². The Kier molecular flexibility index (Phi) is 7.94. The number of pyridine rings is 1. The zero-order valence-corrected chi connectivity index (χ0v) is 19.3. The van der Waals surface area contributed by atoms with Crippen LogP contribution in [0.4, 0.5) is 13.2 Å². The number of hydrogen-bond acceptors (Lipinski definition) is 3. The van der Waals surface area contributed by atoms with Crippen molar-refractivity contribution < 1.29 is 22.8 Å². The van der Waals surface area contributed by atoms with Gasteiger partial charge in [0.2, 0.25) is 11.8 Å². The first-order chi connectivity index (χ1) is 16.0. The summed E-state index contributed by atoms with van der Waals surface area (Å²) in [4.78, 5) is 29.8. The van der Waals surface area contributed by atoms with Crippen molar-refractivity contribution in [2.45, 2.75) is 39.0 Å². The fraction of sp³-hybridized carbons (Fsp3) is 0.240. The monoisotopic (exact) mass is 489 g/mol. The fourth-order valence-electron chi connectivity index (χ4n) is 3.18. The number of nitrogens with zero attached hydrogens (tertiary/aromatic N) is 1. The molecule has 178 valence electrons. The highest BCUT2D eigenvalue weighted by Crippen LogP contribution is 2.33. The van der Waals surface area contributed by atoms with Crippen LogP contribution in [-0.2, 0) is 28.9 Å². The number of alkyl halides is 3. The minimum Gasteiger partial charge on any atom is -0.351 e. The number of benzene rings is 2. The molecule has 0 radical (unpaired) electrons. The van der Waals surface area contributed by atoms with Gasteiger partial charge in [-0.3, -0.25) is 14.6 Å². The van der Waals surface area contributed by atoms with Crippen LogP contribution in [0.15, 0.2) is 60.8 Å². The lowest BCUT2D eigenvalue weighted by Crippen LogP contribution is -2.40. The molecule has 3 aromatic rings. The molecule has 0 saturated heterocycles. The van der Waals surface area contributed by atoms with Gasteiger partial charge < -0.3 is 10.6 Å². The summed E-state index contributed by atoms with van der Waals surface area (Å²) in [6, 6.07) is 15.5. The SMILES string of the molecule is Cc1ccc(CNC(=O)C(C(=O)NCc2ccc(C)cc2)c2ncc(C(F)(F)F)cc2Cl)cc1. The molecule has 2 amide bonds. The van der Waals surface area contributed by atoms with E-state index in [-0.39, 0.29) is 18.8 Å². The van der Waals surface area contributed by atoms with Gasteiger partial charge in [0.1, 0.15) is 0 Å². The summed E-state index contributed by atoms with van der Waals surface area (Å²) in [6.45, 7) is 4.10. The van der Waals surface area contributed by atoms with Gasteiger partial charge in [0.25, 0.3) is 0 Å². The summed E-state index contributed by atoms with van der Waals surface area (Å²) in [7, 11) is 0. The van der Waals surface area contributed by atoms with Crippen LogP contribution in [0.25, 0.3) is 0 Å². The molecule has 0 bridgehead atoms. The Morgan fingerprint density at radius 3 is 1.71 bits per heavy atom. The average Bonchev–Trinajstić information content (AvgIpc) is 2.79. The molecular weight excluding hydrogens is 467 g/mol. The van der Waals surface area contributed by atoms with Crippen molar-refractivity contribution in [3.05, 3.63) is 99.3 Å². The first kappa shape index (κ1) is 25.2. The zero-order chi connectivity index (χ0) is 24.9. The summed E-state index contributed by atoms with van der Waals surface area (Å²) in [6.07, 6.45) is -4.10. The second kappa shape index (κ2) is 10.7. The molecule has 9 heteroatoms. The predicted octanol–water partition coefficient (Wildman–Crippen LogP) is 5.09. The van der Waals surface area contributed by atoms with E-state index in [0.717, 1.165) is 22.3 Å². The van der Waals surface area contributed by atoms with Crippen molar-refractivity contribution in [1.29, 1.82) is 0 Å². The molecule has 0 aliphatic carbocycles. The third-order valence-corrected chi connectivity index (χ3v) is 5.47. The molecule has 0 saturated carbocycles. The van der Waals surface area contributed by atoms with Gasteiger partial charge in [-0.1, -0.05) is 71.3 Å². The molecular formula is C25H23ClF3N3O2. The normalized spacial score (nSPS) is 11.4. The predicted molar refractivity (Wildman–Crippen MR) is 123 cm³/mol. The summed E-state index contributed by atoms with van der Waals surface area (Å²) in [5.41, 5.74) is 2.36. The molecule has 0 aliphatic rings. The molecule has 1 aromatic heterocycles. The highest BCUT2D eigenvalue weighted by Gasteiger charge is 2.35. The van der Waals surface area contributed by atoms with Crippen LogP contribution in [0, 0.1) is 13.8 Å². The number of aromatic nitrogens is 1. The average molecular weight is 490 g/mol. The van der Waals surface area contributed by atoms with Gasteiger partial charge in [0.05, 0.1) is 16.3 Å². The Morgan fingerprint density at radius 2 is 1.32 bits per heavy atom. The zero-order valence-electron chi connectivity index (χ0n) is 18.5. The van der Waals surface area contributed by atoms with Crippen LogP contribution in [-0.4, -0.2) is 16.8 Å². The minimum absolute atomic E-state index is 0.124. The Morgan fingerprint density at radius 1 is 0.882 bits per heavy atom. The molecule has 0 unspecified atom stereocenters. The quantitative estimate of drug-likeness (QED) is 0.454. The number of hydrogen-bond donors (Lipinski definition) is 2. The summed E-state index contributed by atoms with van der Waals surface area (Å²) >= 11 is 6.06. The number of aryl methyl sites for hydroxylation is 2. The number of rotatable bonds is 7. The Labute approximate surface area is 200 Å². The fourth-order valence-corrected chi connectivity index (χ4v) is 3.45. The summed E-state index contributed by atoms with van der Waals surface area (Å²) in [5.74, 6) is -2.99. The Balaban J connectivity index is 1.84. The molecule has 1 heterocycles. The van der Waals surface area contributed by atoms with Crippen LogP contribution in [0.2, 0.25) is 5.02 Å². The van der Waals surface area contributed by atoms with Crippen LogP contribution >= 0.6 is 11.6 Å². The van der Waals surface area contributed by atoms with E-state index >= 15 is 0 Å². The van der Waals surface area contributed by atoms with E-state index in [1.165, 1.54) is 0 Å². The number of halogens is 4. The van der Waals surface area contributed by atoms with Crippen LogP contribution in [0.5, 0.6) is 0 Å². The number of carbonyl (C=O) groups excluding carboxylic acids is 2. The second-order valence-corrected chi connectivity index (χ2v) is 8.34. The van der Waals surface area contributed by atoms with Crippen molar-refractivity contribution in [2.24, 2.45) is 0 Å². The molecule has 0 fully saturated rings. The van der Waals surface area contributed by atoms with Crippen molar-refractivity contribution in [2.75, 3.05) is 0 Å². The molecule has 2 N–H and O–H groups in total. The largest absolute Gasteiger partial charge is 0.417 e. The van der Waals surface area contributed by atoms with E-state index in [1.54, 1.807) is 0 Å². The third kappa shape index (κ3) is 6.57. The van der Waals surface area contributed by atoms with E-state index in [1.807, 2.05) is 62.4 Å². The van der Waals surface area contributed by atoms with Gasteiger partial charge >= 0.3 is 6.18 Å². The van der Waals surface area contributed by atoms with Crippen molar-refractivity contribution >= 4 is 23.4 Å². The molecule has 0 atom stereocenters. The van der Waals surface area contributed by atoms with Gasteiger partial charge in [-0.2, -0.15) is 13.2 Å². The van der Waals surface area contributed by atoms with Gasteiger partial charge in [0.15, 0.2) is 5.92 Å². The van der Waals surface area contributed by atoms with Crippen LogP contribution in [0.3, 0.4) is 0 Å². The molecule has 3 rings (SSSR count). The van der Waals surface area contributed by atoms with E-state index in [4.69, 9.17) is 11.6 Å². The molecule has 0 aliphatic heterocycles. The van der Waals surface area contributed by atoms with E-state index in [2.05, 4.69) is 15.6 Å². The second-order valence-electron chi connectivity index (χ2n) is 7.93. The summed E-state index contributed by atoms with van der Waals surface area (Å²) < 4.78 is 39.1. The lowest BCUT2D eigenvalue weighted by Gasteiger charge is -2.18. The van der Waals surface area contributed by atoms with E-state index < -0.39 is 34.5 Å². The molecule has 34 heavy (non-hydrogen) atoms. The van der Waals surface area contributed by atoms with Crippen LogP contribution in [0.1, 0.15) is 39.4 Å². The number of nitrogens with one attached hydrogen (secondary N) is 2. The standard InChI is InChI=1S/C25H23ClF3N3O2/c1-15-3-7-17(8-4-15)12-31-23(33)21(22-20(26)11-19(14-30-22)25(27,28)29)24(34)32-13-18-9-5-16(2)6-10-18/h3-11,14,21H,12-13H2,1-2H3,(H,31,33)(H,32,34). The van der Waals surface area contributed by atoms with Gasteiger partial charge in [-0.15, -0.1) is 0 Å². The molecule has 5 nitrogen and oxygen atoms in total. The van der Waals surface area contributed by atoms with E-state index in [0.29, 0.717) is 12.3 Å². The minimum atomic E-state index is -4.66. The maximum atomic E-state index is 13.0. The summed E-state index contributed by atoms with van der Waals surface area (Å²) in [5, 5.41) is 4.89. The maximum absolute atomic E-state index is 13.0. The van der Waals surface area contributed by atoms with Crippen molar-refractivity contribution in [1.82, 2.24) is 15.6 Å². The lowest BCUT2D eigenvalue weighted by atomic mass is 10.0. The highest BCUT2D eigenvalue weighted by atomic mass is 35.5. The van der Waals surface area contributed by atoms with Crippen molar-refractivity contribution in [3.63, 3.8) is 0 Å². The molecule has 0 spiro atoms. The van der Waals surface area contributed by atoms with Crippen molar-refractivity contribution in [3.8, 4) is 0 Å². The van der Waals surface area contributed by atoms with Gasteiger partial charge in [-0.25, -0.2) is 0 Å². The van der Waals surface area contributed by atoms with Gasteiger partial charge in [-0.05, 0) is 31.0 Å². The maximum Gasteiger partial charge on any atom is 0.417 e. The van der Waals surface area contributed by atoms with E-state index in [9.17, 15) is 22.8 Å². The lowest BCUT2D eigenvalue weighted by molar-refractivity contribution is -0.137. The Bertz CT molecular complexity index is 1100. The number of amides is 2. The first-order valence-corrected chi connectivity index (χ1v) is 10.8. The Hall–Kier alpha value is -3.39.